The van der Waals surface area contributed by atoms with Crippen LogP contribution in [0.5, 0.6) is 0 Å². The summed E-state index contributed by atoms with van der Waals surface area (Å²) in [6.45, 7) is 6.37. The zero-order chi connectivity index (χ0) is 28.9. The number of carbonyl (C=O) groups excluding carboxylic acids is 3. The van der Waals surface area contributed by atoms with E-state index in [9.17, 15) is 14.4 Å². The Bertz CT molecular complexity index is 800. The minimum Gasteiger partial charge on any atom is -0.461 e. The number of amides is 2. The highest BCUT2D eigenvalue weighted by Crippen LogP contribution is 2.20. The van der Waals surface area contributed by atoms with Gasteiger partial charge in [-0.15, -0.1) is 0 Å². The molecule has 0 unspecified atom stereocenters. The molecular weight excluding hydrogens is 490 g/mol. The number of benzene rings is 1. The first-order valence-corrected chi connectivity index (χ1v) is 15.3. The standard InChI is InChI=1S/C32H55N3O4/c1-4-5-6-7-8-9-10-11-12-13-17-21-28(24-30(34)36)35(26(2)3)32(38)29(33)22-18-23-31(37)39-25-27-19-15-14-16-20-27/h14-16,19-20,26,28-29H,4-13,17-18,21-25,33H2,1-3H3,(H2,34,36)/t28-,29-/m0/s1. The van der Waals surface area contributed by atoms with E-state index in [1.165, 1.54) is 57.8 Å². The van der Waals surface area contributed by atoms with Crippen molar-refractivity contribution in [2.45, 2.75) is 148 Å². The van der Waals surface area contributed by atoms with Gasteiger partial charge in [0, 0.05) is 24.9 Å². The molecule has 0 aliphatic heterocycles. The first-order valence-electron chi connectivity index (χ1n) is 15.3. The van der Waals surface area contributed by atoms with Crippen LogP contribution < -0.4 is 11.5 Å². The summed E-state index contributed by atoms with van der Waals surface area (Å²) in [6.07, 6.45) is 15.6. The Kier molecular flexibility index (Phi) is 19.0. The molecule has 7 heteroatoms. The molecule has 1 rings (SSSR count). The van der Waals surface area contributed by atoms with Crippen LogP contribution in [0.3, 0.4) is 0 Å². The van der Waals surface area contributed by atoms with E-state index >= 15 is 0 Å². The van der Waals surface area contributed by atoms with Crippen LogP contribution in [0.15, 0.2) is 30.3 Å². The van der Waals surface area contributed by atoms with Gasteiger partial charge in [-0.2, -0.15) is 0 Å². The van der Waals surface area contributed by atoms with Crippen molar-refractivity contribution < 1.29 is 19.1 Å². The molecule has 0 fully saturated rings. The van der Waals surface area contributed by atoms with Crippen molar-refractivity contribution in [3.05, 3.63) is 35.9 Å². The van der Waals surface area contributed by atoms with E-state index in [2.05, 4.69) is 6.92 Å². The average molecular weight is 546 g/mol. The Morgan fingerprint density at radius 1 is 0.821 bits per heavy atom. The van der Waals surface area contributed by atoms with Crippen LogP contribution in [-0.2, 0) is 25.7 Å². The van der Waals surface area contributed by atoms with Crippen molar-refractivity contribution in [2.75, 3.05) is 0 Å². The van der Waals surface area contributed by atoms with Crippen molar-refractivity contribution in [3.63, 3.8) is 0 Å². The number of rotatable bonds is 23. The Balaban J connectivity index is 2.44. The number of primary amides is 1. The van der Waals surface area contributed by atoms with Crippen molar-refractivity contribution in [3.8, 4) is 0 Å². The number of carbonyl (C=O) groups is 3. The summed E-state index contributed by atoms with van der Waals surface area (Å²) in [6, 6.07) is 8.43. The lowest BCUT2D eigenvalue weighted by molar-refractivity contribution is -0.145. The number of unbranched alkanes of at least 4 members (excludes halogenated alkanes) is 10. The SMILES string of the molecule is CCCCCCCCCCCCC[C@@H](CC(N)=O)N(C(=O)[C@@H](N)CCCC(=O)OCc1ccccc1)C(C)C. The zero-order valence-electron chi connectivity index (χ0n) is 24.9. The molecule has 2 amide bonds. The first kappa shape index (κ1) is 34.6. The van der Waals surface area contributed by atoms with Crippen molar-refractivity contribution in [2.24, 2.45) is 11.5 Å². The average Bonchev–Trinajstić information content (AvgIpc) is 2.90. The maximum Gasteiger partial charge on any atom is 0.306 e. The van der Waals surface area contributed by atoms with Gasteiger partial charge in [0.05, 0.1) is 6.04 Å². The van der Waals surface area contributed by atoms with E-state index in [1.54, 1.807) is 4.90 Å². The lowest BCUT2D eigenvalue weighted by atomic mass is 9.98. The Labute approximate surface area is 237 Å². The molecule has 0 heterocycles. The fraction of sp³-hybridized carbons (Fsp3) is 0.719. The molecule has 7 nitrogen and oxygen atoms in total. The number of hydrogen-bond donors (Lipinski definition) is 2. The van der Waals surface area contributed by atoms with Crippen LogP contribution in [-0.4, -0.2) is 40.8 Å². The van der Waals surface area contributed by atoms with Crippen molar-refractivity contribution in [1.82, 2.24) is 4.90 Å². The van der Waals surface area contributed by atoms with Gasteiger partial charge in [0.25, 0.3) is 0 Å². The zero-order valence-corrected chi connectivity index (χ0v) is 24.9. The summed E-state index contributed by atoms with van der Waals surface area (Å²) < 4.78 is 5.32. The van der Waals surface area contributed by atoms with E-state index in [0.29, 0.717) is 12.8 Å². The van der Waals surface area contributed by atoms with Crippen LogP contribution in [0.4, 0.5) is 0 Å². The summed E-state index contributed by atoms with van der Waals surface area (Å²) in [5.41, 5.74) is 12.8. The lowest BCUT2D eigenvalue weighted by Crippen LogP contribution is -2.52. The van der Waals surface area contributed by atoms with Gasteiger partial charge in [0.15, 0.2) is 0 Å². The first-order chi connectivity index (χ1) is 18.8. The molecule has 0 aromatic heterocycles. The van der Waals surface area contributed by atoms with Crippen LogP contribution in [0.25, 0.3) is 0 Å². The van der Waals surface area contributed by atoms with Crippen LogP contribution >= 0.6 is 0 Å². The van der Waals surface area contributed by atoms with Crippen LogP contribution in [0.2, 0.25) is 0 Å². The van der Waals surface area contributed by atoms with E-state index in [-0.39, 0.29) is 43.4 Å². The van der Waals surface area contributed by atoms with Gasteiger partial charge in [-0.1, -0.05) is 108 Å². The lowest BCUT2D eigenvalue weighted by Gasteiger charge is -2.36. The predicted molar refractivity (Wildman–Crippen MR) is 159 cm³/mol. The third-order valence-corrected chi connectivity index (χ3v) is 7.24. The maximum atomic E-state index is 13.3. The fourth-order valence-electron chi connectivity index (χ4n) is 5.06. The minimum absolute atomic E-state index is 0.101. The molecule has 1 aromatic rings. The highest BCUT2D eigenvalue weighted by atomic mass is 16.5. The van der Waals surface area contributed by atoms with Crippen LogP contribution in [0.1, 0.15) is 129 Å². The topological polar surface area (TPSA) is 116 Å². The molecule has 0 saturated heterocycles. The Morgan fingerprint density at radius 2 is 1.38 bits per heavy atom. The normalized spacial score (nSPS) is 12.7. The summed E-state index contributed by atoms with van der Waals surface area (Å²) >= 11 is 0. The summed E-state index contributed by atoms with van der Waals surface area (Å²) in [5, 5.41) is 0. The monoisotopic (exact) mass is 545 g/mol. The second-order valence-electron chi connectivity index (χ2n) is 11.1. The second-order valence-corrected chi connectivity index (χ2v) is 11.1. The minimum atomic E-state index is -0.734. The molecule has 0 aliphatic rings. The number of nitrogens with two attached hydrogens (primary N) is 2. The fourth-order valence-corrected chi connectivity index (χ4v) is 5.06. The third-order valence-electron chi connectivity index (χ3n) is 7.24. The van der Waals surface area contributed by atoms with E-state index < -0.39 is 11.9 Å². The maximum absolute atomic E-state index is 13.3. The van der Waals surface area contributed by atoms with Gasteiger partial charge in [-0.05, 0) is 38.7 Å². The van der Waals surface area contributed by atoms with Crippen molar-refractivity contribution >= 4 is 17.8 Å². The predicted octanol–water partition coefficient (Wildman–Crippen LogP) is 6.41. The number of esters is 1. The molecule has 39 heavy (non-hydrogen) atoms. The second kappa shape index (κ2) is 21.4. The third kappa shape index (κ3) is 16.3. The molecular formula is C32H55N3O4. The Hall–Kier alpha value is -2.41. The summed E-state index contributed by atoms with van der Waals surface area (Å²) in [5.74, 6) is -0.893. The summed E-state index contributed by atoms with van der Waals surface area (Å²) in [4.78, 5) is 39.0. The van der Waals surface area contributed by atoms with Crippen LogP contribution in [0, 0.1) is 0 Å². The highest BCUT2D eigenvalue weighted by Gasteiger charge is 2.30. The summed E-state index contributed by atoms with van der Waals surface area (Å²) in [7, 11) is 0. The molecule has 0 bridgehead atoms. The number of ether oxygens (including phenoxy) is 1. The number of nitrogens with zero attached hydrogens (tertiary/aromatic N) is 1. The largest absolute Gasteiger partial charge is 0.461 e. The van der Waals surface area contributed by atoms with Gasteiger partial charge in [-0.25, -0.2) is 0 Å². The van der Waals surface area contributed by atoms with Gasteiger partial charge in [-0.3, -0.25) is 14.4 Å². The van der Waals surface area contributed by atoms with E-state index in [4.69, 9.17) is 16.2 Å². The van der Waals surface area contributed by atoms with E-state index in [0.717, 1.165) is 24.8 Å². The molecule has 0 radical (unpaired) electrons. The quantitative estimate of drug-likeness (QED) is 0.122. The van der Waals surface area contributed by atoms with E-state index in [1.807, 2.05) is 44.2 Å². The smallest absolute Gasteiger partial charge is 0.306 e. The molecule has 0 spiro atoms. The van der Waals surface area contributed by atoms with Gasteiger partial charge in [0.1, 0.15) is 6.61 Å². The molecule has 2 atom stereocenters. The highest BCUT2D eigenvalue weighted by molar-refractivity contribution is 5.83. The number of hydrogen-bond acceptors (Lipinski definition) is 5. The molecule has 222 valence electrons. The van der Waals surface area contributed by atoms with Gasteiger partial charge < -0.3 is 21.1 Å². The van der Waals surface area contributed by atoms with Gasteiger partial charge in [0.2, 0.25) is 11.8 Å². The molecule has 1 aromatic carbocycles. The van der Waals surface area contributed by atoms with Crippen molar-refractivity contribution in [1.29, 1.82) is 0 Å². The molecule has 0 saturated carbocycles. The van der Waals surface area contributed by atoms with Gasteiger partial charge >= 0.3 is 5.97 Å². The Morgan fingerprint density at radius 3 is 1.92 bits per heavy atom. The molecule has 0 aliphatic carbocycles. The molecule has 4 N–H and O–H groups in total.